The highest BCUT2D eigenvalue weighted by molar-refractivity contribution is 6.27. The number of amides is 1. The van der Waals surface area contributed by atoms with Crippen LogP contribution in [0.3, 0.4) is 0 Å². The zero-order valence-electron chi connectivity index (χ0n) is 8.28. The molecule has 0 spiro atoms. The molecule has 0 bridgehead atoms. The molecule has 0 aliphatic carbocycles. The molecule has 0 aromatic rings. The number of ketones is 1. The summed E-state index contributed by atoms with van der Waals surface area (Å²) < 4.78 is 48.4. The Hall–Kier alpha value is -0.850. The minimum Gasteiger partial charge on any atom is -0.348 e. The van der Waals surface area contributed by atoms with E-state index in [1.54, 1.807) is 5.32 Å². The summed E-state index contributed by atoms with van der Waals surface area (Å²) in [5.41, 5.74) is 0. The van der Waals surface area contributed by atoms with Gasteiger partial charge in [-0.15, -0.1) is 11.6 Å². The van der Waals surface area contributed by atoms with E-state index in [1.165, 1.54) is 6.92 Å². The van der Waals surface area contributed by atoms with Gasteiger partial charge in [0.15, 0.2) is 0 Å². The van der Waals surface area contributed by atoms with E-state index in [9.17, 15) is 27.2 Å². The van der Waals surface area contributed by atoms with Crippen molar-refractivity contribution in [3.05, 3.63) is 0 Å². The van der Waals surface area contributed by atoms with Gasteiger partial charge in [0.25, 0.3) is 5.91 Å². The van der Waals surface area contributed by atoms with Crippen LogP contribution in [0.15, 0.2) is 0 Å². The number of rotatable bonds is 6. The van der Waals surface area contributed by atoms with Crippen LogP contribution >= 0.6 is 11.6 Å². The summed E-state index contributed by atoms with van der Waals surface area (Å²) in [4.78, 5) is 21.5. The van der Waals surface area contributed by atoms with Crippen molar-refractivity contribution in [2.24, 2.45) is 0 Å². The van der Waals surface area contributed by atoms with Crippen molar-refractivity contribution in [1.82, 2.24) is 5.32 Å². The molecule has 0 aliphatic rings. The molecule has 0 heterocycles. The fourth-order valence-corrected chi connectivity index (χ4v) is 0.975. The third-order valence-corrected chi connectivity index (χ3v) is 1.94. The Bertz CT molecular complexity index is 273. The van der Waals surface area contributed by atoms with Crippen molar-refractivity contribution >= 4 is 23.3 Å². The third-order valence-electron chi connectivity index (χ3n) is 1.64. The molecule has 1 atom stereocenters. The van der Waals surface area contributed by atoms with Gasteiger partial charge in [-0.2, -0.15) is 8.78 Å². The Morgan fingerprint density at radius 1 is 1.38 bits per heavy atom. The van der Waals surface area contributed by atoms with Crippen molar-refractivity contribution in [3.63, 3.8) is 0 Å². The van der Waals surface area contributed by atoms with Gasteiger partial charge in [0.1, 0.15) is 5.78 Å². The number of Topliss-reactive ketones (excluding diaryl/α,β-unsaturated/α-hetero) is 1. The van der Waals surface area contributed by atoms with Crippen molar-refractivity contribution < 1.29 is 27.2 Å². The van der Waals surface area contributed by atoms with Crippen LogP contribution in [0.2, 0.25) is 0 Å². The Balaban J connectivity index is 4.29. The molecule has 3 nitrogen and oxygen atoms in total. The molecule has 0 saturated carbocycles. The van der Waals surface area contributed by atoms with Crippen LogP contribution in [0.25, 0.3) is 0 Å². The van der Waals surface area contributed by atoms with Gasteiger partial charge in [-0.25, -0.2) is 8.78 Å². The number of alkyl halides is 5. The molecule has 8 heteroatoms. The molecule has 1 unspecified atom stereocenters. The van der Waals surface area contributed by atoms with Crippen molar-refractivity contribution in [1.29, 1.82) is 0 Å². The van der Waals surface area contributed by atoms with Gasteiger partial charge in [-0.3, -0.25) is 9.59 Å². The van der Waals surface area contributed by atoms with Gasteiger partial charge in [-0.05, 0) is 6.92 Å². The van der Waals surface area contributed by atoms with E-state index < -0.39 is 30.1 Å². The van der Waals surface area contributed by atoms with Gasteiger partial charge in [0, 0.05) is 12.5 Å². The second kappa shape index (κ2) is 6.03. The maximum absolute atomic E-state index is 12.4. The van der Waals surface area contributed by atoms with Crippen LogP contribution in [-0.2, 0) is 9.59 Å². The van der Waals surface area contributed by atoms with Gasteiger partial charge in [0.2, 0.25) is 0 Å². The molecule has 0 aromatic carbocycles. The summed E-state index contributed by atoms with van der Waals surface area (Å²) in [6.45, 7) is 1.24. The van der Waals surface area contributed by atoms with E-state index >= 15 is 0 Å². The number of carbonyl (C=O) groups is 2. The summed E-state index contributed by atoms with van der Waals surface area (Å²) in [6.07, 6.45) is -4.36. The molecule has 0 aromatic heterocycles. The molecular weight excluding hydrogens is 254 g/mol. The zero-order valence-corrected chi connectivity index (χ0v) is 9.03. The maximum atomic E-state index is 12.4. The van der Waals surface area contributed by atoms with Crippen LogP contribution in [0.5, 0.6) is 0 Å². The van der Waals surface area contributed by atoms with Crippen LogP contribution in [0.1, 0.15) is 13.3 Å². The first-order valence-corrected chi connectivity index (χ1v) is 4.79. The average molecular weight is 264 g/mol. The van der Waals surface area contributed by atoms with E-state index in [0.717, 1.165) is 0 Å². The fourth-order valence-electron chi connectivity index (χ4n) is 0.866. The van der Waals surface area contributed by atoms with Crippen molar-refractivity contribution in [2.45, 2.75) is 31.7 Å². The molecule has 0 saturated heterocycles. The number of nitrogens with one attached hydrogen (secondary N) is 1. The largest absolute Gasteiger partial charge is 0.383 e. The molecule has 94 valence electrons. The standard InChI is InChI=1S/C8H10ClF4NO2/c1-4(2-5(15)3-9)14-7(16)8(12,13)6(10)11/h4,6H,2-3H2,1H3,(H,14,16). The van der Waals surface area contributed by atoms with Crippen LogP contribution < -0.4 is 5.32 Å². The van der Waals surface area contributed by atoms with Gasteiger partial charge < -0.3 is 5.32 Å². The monoisotopic (exact) mass is 263 g/mol. The van der Waals surface area contributed by atoms with Crippen LogP contribution in [-0.4, -0.2) is 36.0 Å². The van der Waals surface area contributed by atoms with E-state index in [0.29, 0.717) is 0 Å². The zero-order chi connectivity index (χ0) is 12.9. The van der Waals surface area contributed by atoms with Crippen LogP contribution in [0.4, 0.5) is 17.6 Å². The van der Waals surface area contributed by atoms with Crippen molar-refractivity contribution in [2.75, 3.05) is 5.88 Å². The highest BCUT2D eigenvalue weighted by Crippen LogP contribution is 2.22. The molecule has 0 radical (unpaired) electrons. The van der Waals surface area contributed by atoms with E-state index in [1.807, 2.05) is 0 Å². The summed E-state index contributed by atoms with van der Waals surface area (Å²) >= 11 is 5.14. The maximum Gasteiger partial charge on any atom is 0.383 e. The lowest BCUT2D eigenvalue weighted by Crippen LogP contribution is -2.48. The first-order chi connectivity index (χ1) is 7.21. The SMILES string of the molecule is CC(CC(=O)CCl)NC(=O)C(F)(F)C(F)F. The van der Waals surface area contributed by atoms with E-state index in [4.69, 9.17) is 11.6 Å². The Kier molecular flexibility index (Phi) is 5.71. The minimum atomic E-state index is -4.75. The number of halogens is 5. The van der Waals surface area contributed by atoms with Gasteiger partial charge >= 0.3 is 12.3 Å². The fraction of sp³-hybridized carbons (Fsp3) is 0.750. The van der Waals surface area contributed by atoms with Crippen LogP contribution in [0, 0.1) is 0 Å². The quantitative estimate of drug-likeness (QED) is 0.584. The number of hydrogen-bond donors (Lipinski definition) is 1. The Labute approximate surface area is 94.1 Å². The Morgan fingerprint density at radius 2 is 1.88 bits per heavy atom. The molecular formula is C8H10ClF4NO2. The second-order valence-electron chi connectivity index (χ2n) is 3.17. The first kappa shape index (κ1) is 15.2. The van der Waals surface area contributed by atoms with E-state index in [2.05, 4.69) is 0 Å². The van der Waals surface area contributed by atoms with Gasteiger partial charge in [0.05, 0.1) is 5.88 Å². The summed E-state index contributed by atoms with van der Waals surface area (Å²) in [7, 11) is 0. The molecule has 16 heavy (non-hydrogen) atoms. The Morgan fingerprint density at radius 3 is 2.25 bits per heavy atom. The normalized spacial score (nSPS) is 13.7. The lowest BCUT2D eigenvalue weighted by atomic mass is 10.1. The lowest BCUT2D eigenvalue weighted by molar-refractivity contribution is -0.170. The number of hydrogen-bond acceptors (Lipinski definition) is 2. The minimum absolute atomic E-state index is 0.283. The average Bonchev–Trinajstić information content (AvgIpc) is 2.16. The highest BCUT2D eigenvalue weighted by atomic mass is 35.5. The molecule has 0 rings (SSSR count). The third kappa shape index (κ3) is 4.34. The number of carbonyl (C=O) groups excluding carboxylic acids is 2. The molecule has 0 aliphatic heterocycles. The summed E-state index contributed by atoms with van der Waals surface area (Å²) in [6, 6.07) is -0.969. The summed E-state index contributed by atoms with van der Waals surface area (Å²) in [5.74, 6) is -7.66. The lowest BCUT2D eigenvalue weighted by Gasteiger charge is -2.18. The van der Waals surface area contributed by atoms with Crippen molar-refractivity contribution in [3.8, 4) is 0 Å². The highest BCUT2D eigenvalue weighted by Gasteiger charge is 2.49. The smallest absolute Gasteiger partial charge is 0.348 e. The predicted octanol–water partition coefficient (Wildman–Crippen LogP) is 1.59. The van der Waals surface area contributed by atoms with E-state index in [-0.39, 0.29) is 12.3 Å². The van der Waals surface area contributed by atoms with Gasteiger partial charge in [-0.1, -0.05) is 0 Å². The molecule has 0 fully saturated rings. The molecule has 1 N–H and O–H groups in total. The second-order valence-corrected chi connectivity index (χ2v) is 3.44. The predicted molar refractivity (Wildman–Crippen MR) is 48.9 cm³/mol. The molecule has 1 amide bonds. The first-order valence-electron chi connectivity index (χ1n) is 4.26. The summed E-state index contributed by atoms with van der Waals surface area (Å²) in [5, 5.41) is 1.62. The topological polar surface area (TPSA) is 46.2 Å².